The Morgan fingerprint density at radius 3 is 2.95 bits per heavy atom. The number of nitrogens with two attached hydrogens (primary N) is 1. The van der Waals surface area contributed by atoms with Gasteiger partial charge < -0.3 is 10.5 Å². The summed E-state index contributed by atoms with van der Waals surface area (Å²) >= 11 is 7.81. The molecule has 1 heterocycles. The van der Waals surface area contributed by atoms with Crippen LogP contribution in [0.3, 0.4) is 0 Å². The van der Waals surface area contributed by atoms with Crippen molar-refractivity contribution in [3.05, 3.63) is 44.9 Å². The summed E-state index contributed by atoms with van der Waals surface area (Å²) in [5.41, 5.74) is 7.50. The molecule has 3 nitrogen and oxygen atoms in total. The number of thiazole rings is 1. The molecular formula is C14H17ClN2OS. The topological polar surface area (TPSA) is 48.1 Å². The lowest BCUT2D eigenvalue weighted by Crippen LogP contribution is -1.99. The first kappa shape index (κ1) is 14.3. The van der Waals surface area contributed by atoms with Gasteiger partial charge >= 0.3 is 0 Å². The highest BCUT2D eigenvalue weighted by molar-refractivity contribution is 7.09. The highest BCUT2D eigenvalue weighted by Gasteiger charge is 2.05. The van der Waals surface area contributed by atoms with Gasteiger partial charge in [0.2, 0.25) is 0 Å². The van der Waals surface area contributed by atoms with Crippen LogP contribution in [0.5, 0.6) is 5.75 Å². The Kier molecular flexibility index (Phi) is 5.19. The van der Waals surface area contributed by atoms with Gasteiger partial charge in [-0.2, -0.15) is 0 Å². The molecule has 0 aliphatic rings. The molecule has 2 N–H and O–H groups in total. The number of halogens is 1. The summed E-state index contributed by atoms with van der Waals surface area (Å²) in [5.74, 6) is 0.670. The first-order valence-electron chi connectivity index (χ1n) is 6.27. The van der Waals surface area contributed by atoms with E-state index in [0.29, 0.717) is 23.9 Å². The number of benzene rings is 1. The van der Waals surface area contributed by atoms with Crippen LogP contribution in [0, 0.1) is 0 Å². The number of aromatic nitrogens is 1. The van der Waals surface area contributed by atoms with E-state index >= 15 is 0 Å². The molecule has 0 radical (unpaired) electrons. The fourth-order valence-electron chi connectivity index (χ4n) is 1.68. The molecule has 1 aromatic heterocycles. The molecule has 0 fully saturated rings. The highest BCUT2D eigenvalue weighted by atomic mass is 35.5. The number of nitrogens with zero attached hydrogens (tertiary/aromatic N) is 1. The van der Waals surface area contributed by atoms with Gasteiger partial charge in [-0.15, -0.1) is 11.3 Å². The quantitative estimate of drug-likeness (QED) is 0.882. The molecule has 0 unspecified atom stereocenters. The van der Waals surface area contributed by atoms with Gasteiger partial charge in [0.15, 0.2) is 0 Å². The van der Waals surface area contributed by atoms with E-state index in [9.17, 15) is 0 Å². The average Bonchev–Trinajstić information content (AvgIpc) is 2.85. The van der Waals surface area contributed by atoms with Crippen LogP contribution in [0.1, 0.15) is 29.6 Å². The second-order valence-corrected chi connectivity index (χ2v) is 5.59. The van der Waals surface area contributed by atoms with Crippen molar-refractivity contribution in [2.45, 2.75) is 32.9 Å². The Hall–Kier alpha value is -1.10. The fourth-order valence-corrected chi connectivity index (χ4v) is 2.83. The molecular weight excluding hydrogens is 280 g/mol. The molecule has 2 aromatic rings. The summed E-state index contributed by atoms with van der Waals surface area (Å²) in [4.78, 5) is 4.51. The molecule has 0 aliphatic carbocycles. The summed E-state index contributed by atoms with van der Waals surface area (Å²) in [6.07, 6.45) is 2.14. The van der Waals surface area contributed by atoms with Crippen molar-refractivity contribution in [2.24, 2.45) is 5.73 Å². The van der Waals surface area contributed by atoms with Gasteiger partial charge in [-0.05, 0) is 30.5 Å². The zero-order valence-electron chi connectivity index (χ0n) is 10.9. The van der Waals surface area contributed by atoms with E-state index in [1.165, 1.54) is 0 Å². The van der Waals surface area contributed by atoms with Crippen LogP contribution >= 0.6 is 22.9 Å². The fraction of sp³-hybridized carbons (Fsp3) is 0.357. The zero-order chi connectivity index (χ0) is 13.7. The van der Waals surface area contributed by atoms with E-state index in [1.807, 2.05) is 23.6 Å². The number of hydrogen-bond donors (Lipinski definition) is 1. The molecule has 102 valence electrons. The van der Waals surface area contributed by atoms with E-state index < -0.39 is 0 Å². The number of rotatable bonds is 6. The number of aryl methyl sites for hydroxylation is 1. The van der Waals surface area contributed by atoms with Crippen molar-refractivity contribution in [1.82, 2.24) is 4.98 Å². The first-order chi connectivity index (χ1) is 9.22. The van der Waals surface area contributed by atoms with Crippen LogP contribution < -0.4 is 10.5 Å². The normalized spacial score (nSPS) is 10.7. The Morgan fingerprint density at radius 1 is 1.42 bits per heavy atom. The van der Waals surface area contributed by atoms with Crippen LogP contribution in [-0.4, -0.2) is 4.98 Å². The maximum absolute atomic E-state index is 6.13. The largest absolute Gasteiger partial charge is 0.486 e. The van der Waals surface area contributed by atoms with Crippen molar-refractivity contribution >= 4 is 22.9 Å². The van der Waals surface area contributed by atoms with Crippen LogP contribution in [0.15, 0.2) is 23.6 Å². The van der Waals surface area contributed by atoms with Crippen molar-refractivity contribution in [2.75, 3.05) is 0 Å². The van der Waals surface area contributed by atoms with Crippen LogP contribution in [0.2, 0.25) is 5.02 Å². The predicted molar refractivity (Wildman–Crippen MR) is 79.8 cm³/mol. The molecule has 0 atom stereocenters. The van der Waals surface area contributed by atoms with Gasteiger partial charge in [-0.25, -0.2) is 4.98 Å². The average molecular weight is 297 g/mol. The maximum atomic E-state index is 6.13. The summed E-state index contributed by atoms with van der Waals surface area (Å²) in [5, 5.41) is 3.78. The summed E-state index contributed by atoms with van der Waals surface area (Å²) in [7, 11) is 0. The minimum absolute atomic E-state index is 0.446. The lowest BCUT2D eigenvalue weighted by Gasteiger charge is -2.07. The Balaban J connectivity index is 1.97. The smallest absolute Gasteiger partial charge is 0.138 e. The third-order valence-corrected chi connectivity index (χ3v) is 3.92. The van der Waals surface area contributed by atoms with Crippen molar-refractivity contribution in [1.29, 1.82) is 0 Å². The Labute approximate surface area is 122 Å². The maximum Gasteiger partial charge on any atom is 0.138 e. The lowest BCUT2D eigenvalue weighted by atomic mass is 10.2. The van der Waals surface area contributed by atoms with Gasteiger partial charge in [0.05, 0.1) is 15.7 Å². The van der Waals surface area contributed by atoms with Crippen molar-refractivity contribution in [3.8, 4) is 5.75 Å². The van der Waals surface area contributed by atoms with Gasteiger partial charge in [0, 0.05) is 11.9 Å². The van der Waals surface area contributed by atoms with Crippen LogP contribution in [0.25, 0.3) is 0 Å². The van der Waals surface area contributed by atoms with Gasteiger partial charge in [0.1, 0.15) is 12.4 Å². The van der Waals surface area contributed by atoms with Gasteiger partial charge in [0.25, 0.3) is 0 Å². The van der Waals surface area contributed by atoms with E-state index in [0.717, 1.165) is 29.1 Å². The number of hydrogen-bond acceptors (Lipinski definition) is 4. The monoisotopic (exact) mass is 296 g/mol. The second-order valence-electron chi connectivity index (χ2n) is 4.24. The molecule has 2 rings (SSSR count). The van der Waals surface area contributed by atoms with E-state index in [1.54, 1.807) is 11.3 Å². The molecule has 0 bridgehead atoms. The number of ether oxygens (including phenoxy) is 1. The standard InChI is InChI=1S/C14H17ClN2OS/c1-2-3-14-17-11(9-19-14)8-18-13-5-4-10(7-16)6-12(13)15/h4-6,9H,2-3,7-8,16H2,1H3. The summed E-state index contributed by atoms with van der Waals surface area (Å²) < 4.78 is 5.69. The highest BCUT2D eigenvalue weighted by Crippen LogP contribution is 2.26. The minimum Gasteiger partial charge on any atom is -0.486 e. The van der Waals surface area contributed by atoms with E-state index in [4.69, 9.17) is 22.1 Å². The third-order valence-electron chi connectivity index (χ3n) is 2.67. The van der Waals surface area contributed by atoms with Crippen molar-refractivity contribution < 1.29 is 4.74 Å². The van der Waals surface area contributed by atoms with E-state index in [-0.39, 0.29) is 0 Å². The predicted octanol–water partition coefficient (Wildman–Crippen LogP) is 3.79. The Bertz CT molecular complexity index is 542. The van der Waals surface area contributed by atoms with Crippen LogP contribution in [-0.2, 0) is 19.6 Å². The molecule has 0 saturated carbocycles. The van der Waals surface area contributed by atoms with Crippen molar-refractivity contribution in [3.63, 3.8) is 0 Å². The summed E-state index contributed by atoms with van der Waals surface area (Å²) in [6, 6.07) is 5.61. The van der Waals surface area contributed by atoms with Gasteiger partial charge in [-0.3, -0.25) is 0 Å². The summed E-state index contributed by atoms with van der Waals surface area (Å²) in [6.45, 7) is 3.07. The Morgan fingerprint density at radius 2 is 2.26 bits per heavy atom. The molecule has 0 saturated heterocycles. The second kappa shape index (κ2) is 6.89. The molecule has 1 aromatic carbocycles. The minimum atomic E-state index is 0.446. The van der Waals surface area contributed by atoms with Gasteiger partial charge in [-0.1, -0.05) is 24.6 Å². The molecule has 19 heavy (non-hydrogen) atoms. The molecule has 0 spiro atoms. The molecule has 0 amide bonds. The van der Waals surface area contributed by atoms with E-state index in [2.05, 4.69) is 11.9 Å². The van der Waals surface area contributed by atoms with Crippen LogP contribution in [0.4, 0.5) is 0 Å². The molecule has 0 aliphatic heterocycles. The SMILES string of the molecule is CCCc1nc(COc2ccc(CN)cc2Cl)cs1. The molecule has 5 heteroatoms. The zero-order valence-corrected chi connectivity index (χ0v) is 12.4. The lowest BCUT2D eigenvalue weighted by molar-refractivity contribution is 0.302. The third kappa shape index (κ3) is 3.93. The first-order valence-corrected chi connectivity index (χ1v) is 7.53.